The van der Waals surface area contributed by atoms with Gasteiger partial charge >= 0.3 is 0 Å². The third-order valence-corrected chi connectivity index (χ3v) is 7.86. The van der Waals surface area contributed by atoms with Crippen LogP contribution < -0.4 is 14.2 Å². The monoisotopic (exact) mass is 494 g/mol. The first-order valence-electron chi connectivity index (χ1n) is 11.5. The van der Waals surface area contributed by atoms with Crippen LogP contribution in [0.25, 0.3) is 0 Å². The molecule has 7 nitrogen and oxygen atoms in total. The summed E-state index contributed by atoms with van der Waals surface area (Å²) in [5.74, 6) is 1.18. The smallest absolute Gasteiger partial charge is 0.261 e. The molecule has 0 aromatic heterocycles. The van der Waals surface area contributed by atoms with Crippen LogP contribution in [0.4, 0.5) is 5.69 Å². The van der Waals surface area contributed by atoms with Crippen LogP contribution in [0.2, 0.25) is 0 Å². The van der Waals surface area contributed by atoms with Crippen molar-refractivity contribution in [3.8, 4) is 11.5 Å². The van der Waals surface area contributed by atoms with E-state index in [1.54, 1.807) is 56.7 Å². The first kappa shape index (κ1) is 24.6. The number of sulfonamides is 1. The van der Waals surface area contributed by atoms with E-state index in [-0.39, 0.29) is 16.8 Å². The van der Waals surface area contributed by atoms with Gasteiger partial charge in [-0.2, -0.15) is 0 Å². The number of methoxy groups -OCH3 is 2. The number of amides is 1. The van der Waals surface area contributed by atoms with Gasteiger partial charge in [0.15, 0.2) is 11.5 Å². The molecule has 8 heteroatoms. The van der Waals surface area contributed by atoms with Gasteiger partial charge < -0.3 is 14.4 Å². The number of benzene rings is 3. The lowest BCUT2D eigenvalue weighted by Crippen LogP contribution is -2.30. The van der Waals surface area contributed by atoms with Crippen molar-refractivity contribution >= 4 is 21.6 Å². The summed E-state index contributed by atoms with van der Waals surface area (Å²) < 4.78 is 38.9. The van der Waals surface area contributed by atoms with Crippen LogP contribution in [0.15, 0.2) is 65.6 Å². The highest BCUT2D eigenvalue weighted by atomic mass is 32.2. The van der Waals surface area contributed by atoms with Crippen molar-refractivity contribution in [2.45, 2.75) is 37.6 Å². The molecule has 4 rings (SSSR count). The van der Waals surface area contributed by atoms with Gasteiger partial charge in [0.05, 0.1) is 25.2 Å². The Morgan fingerprint density at radius 1 is 0.914 bits per heavy atom. The highest BCUT2D eigenvalue weighted by Gasteiger charge is 2.31. The maximum Gasteiger partial charge on any atom is 0.261 e. The third-order valence-electron chi connectivity index (χ3n) is 6.48. The molecule has 1 aliphatic heterocycles. The fourth-order valence-electron chi connectivity index (χ4n) is 4.36. The fraction of sp³-hybridized carbons (Fsp3) is 0.296. The standard InChI is InChI=1S/C27H30N2O5S/c1-18-7-13-23(16-19(18)2)35(31,32)28-22-11-8-20(9-12-22)27(30)29-15-5-6-24(29)21-10-14-25(33-3)26(17-21)34-4/h7-14,16-17,24,28H,5-6,15H2,1-4H3. The lowest BCUT2D eigenvalue weighted by atomic mass is 10.0. The molecule has 1 aliphatic rings. The first-order valence-corrected chi connectivity index (χ1v) is 12.9. The molecule has 0 radical (unpaired) electrons. The second-order valence-electron chi connectivity index (χ2n) is 8.70. The van der Waals surface area contributed by atoms with E-state index in [1.807, 2.05) is 36.9 Å². The number of anilines is 1. The number of carbonyl (C=O) groups is 1. The van der Waals surface area contributed by atoms with Crippen molar-refractivity contribution in [3.05, 3.63) is 82.9 Å². The van der Waals surface area contributed by atoms with Gasteiger partial charge in [-0.25, -0.2) is 8.42 Å². The Morgan fingerprint density at radius 3 is 2.29 bits per heavy atom. The fourth-order valence-corrected chi connectivity index (χ4v) is 5.50. The zero-order valence-electron chi connectivity index (χ0n) is 20.4. The van der Waals surface area contributed by atoms with Crippen molar-refractivity contribution in [2.75, 3.05) is 25.5 Å². The predicted octanol–water partition coefficient (Wildman–Crippen LogP) is 5.10. The number of hydrogen-bond acceptors (Lipinski definition) is 5. The molecular weight excluding hydrogens is 464 g/mol. The van der Waals surface area contributed by atoms with Crippen LogP contribution in [0.3, 0.4) is 0 Å². The second-order valence-corrected chi connectivity index (χ2v) is 10.4. The molecule has 1 heterocycles. The van der Waals surface area contributed by atoms with E-state index < -0.39 is 10.0 Å². The van der Waals surface area contributed by atoms with E-state index >= 15 is 0 Å². The van der Waals surface area contributed by atoms with Crippen molar-refractivity contribution in [3.63, 3.8) is 0 Å². The third kappa shape index (κ3) is 5.12. The summed E-state index contributed by atoms with van der Waals surface area (Å²) in [6.45, 7) is 4.46. The van der Waals surface area contributed by atoms with Gasteiger partial charge in [0.1, 0.15) is 0 Å². The minimum absolute atomic E-state index is 0.0646. The Morgan fingerprint density at radius 2 is 1.63 bits per heavy atom. The van der Waals surface area contributed by atoms with Gasteiger partial charge in [0.25, 0.3) is 15.9 Å². The summed E-state index contributed by atoms with van der Waals surface area (Å²) in [5, 5.41) is 0. The molecule has 1 unspecified atom stereocenters. The quantitative estimate of drug-likeness (QED) is 0.494. The maximum absolute atomic E-state index is 13.3. The van der Waals surface area contributed by atoms with E-state index in [0.29, 0.717) is 29.3 Å². The molecule has 3 aromatic rings. The normalized spacial score (nSPS) is 15.7. The van der Waals surface area contributed by atoms with Gasteiger partial charge in [-0.15, -0.1) is 0 Å². The Kier molecular flexibility index (Phi) is 7.03. The van der Waals surface area contributed by atoms with Crippen molar-refractivity contribution in [1.82, 2.24) is 4.90 Å². The molecule has 1 saturated heterocycles. The van der Waals surface area contributed by atoms with Gasteiger partial charge in [0, 0.05) is 17.8 Å². The van der Waals surface area contributed by atoms with E-state index in [1.165, 1.54) is 0 Å². The zero-order chi connectivity index (χ0) is 25.2. The van der Waals surface area contributed by atoms with Crippen molar-refractivity contribution in [1.29, 1.82) is 0 Å². The summed E-state index contributed by atoms with van der Waals surface area (Å²) >= 11 is 0. The summed E-state index contributed by atoms with van der Waals surface area (Å²) in [6, 6.07) is 17.2. The number of nitrogens with one attached hydrogen (secondary N) is 1. The first-order chi connectivity index (χ1) is 16.7. The summed E-state index contributed by atoms with van der Waals surface area (Å²) in [5.41, 5.74) is 3.83. The number of rotatable bonds is 7. The van der Waals surface area contributed by atoms with E-state index in [2.05, 4.69) is 4.72 Å². The van der Waals surface area contributed by atoms with E-state index in [4.69, 9.17) is 9.47 Å². The zero-order valence-corrected chi connectivity index (χ0v) is 21.2. The second kappa shape index (κ2) is 10.00. The molecule has 0 spiro atoms. The lowest BCUT2D eigenvalue weighted by molar-refractivity contribution is 0.0735. The molecule has 3 aromatic carbocycles. The number of ether oxygens (including phenoxy) is 2. The van der Waals surface area contributed by atoms with Crippen LogP contribution in [-0.4, -0.2) is 40.0 Å². The van der Waals surface area contributed by atoms with Crippen LogP contribution in [0.5, 0.6) is 11.5 Å². The van der Waals surface area contributed by atoms with E-state index in [0.717, 1.165) is 29.5 Å². The number of carbonyl (C=O) groups excluding carboxylic acids is 1. The number of hydrogen-bond donors (Lipinski definition) is 1. The lowest BCUT2D eigenvalue weighted by Gasteiger charge is -2.26. The van der Waals surface area contributed by atoms with Gasteiger partial charge in [-0.05, 0) is 91.9 Å². The molecule has 184 valence electrons. The Labute approximate surface area is 206 Å². The van der Waals surface area contributed by atoms with Crippen molar-refractivity contribution in [2.24, 2.45) is 0 Å². The Hall–Kier alpha value is -3.52. The number of likely N-dealkylation sites (tertiary alicyclic amines) is 1. The Bertz CT molecular complexity index is 1340. The highest BCUT2D eigenvalue weighted by molar-refractivity contribution is 7.92. The predicted molar refractivity (Wildman–Crippen MR) is 136 cm³/mol. The average molecular weight is 495 g/mol. The largest absolute Gasteiger partial charge is 0.493 e. The minimum Gasteiger partial charge on any atom is -0.493 e. The number of nitrogens with zero attached hydrogens (tertiary/aromatic N) is 1. The molecule has 1 amide bonds. The van der Waals surface area contributed by atoms with Gasteiger partial charge in [0.2, 0.25) is 0 Å². The molecule has 35 heavy (non-hydrogen) atoms. The van der Waals surface area contributed by atoms with Crippen LogP contribution in [0, 0.1) is 13.8 Å². The van der Waals surface area contributed by atoms with Gasteiger partial charge in [-0.1, -0.05) is 12.1 Å². The summed E-state index contributed by atoms with van der Waals surface area (Å²) in [4.78, 5) is 15.4. The average Bonchev–Trinajstić information content (AvgIpc) is 3.35. The van der Waals surface area contributed by atoms with Crippen molar-refractivity contribution < 1.29 is 22.7 Å². The topological polar surface area (TPSA) is 84.9 Å². The van der Waals surface area contributed by atoms with Crippen LogP contribution in [-0.2, 0) is 10.0 Å². The molecule has 0 saturated carbocycles. The molecule has 1 atom stereocenters. The molecule has 0 bridgehead atoms. The maximum atomic E-state index is 13.3. The van der Waals surface area contributed by atoms with E-state index in [9.17, 15) is 13.2 Å². The van der Waals surface area contributed by atoms with Gasteiger partial charge in [-0.3, -0.25) is 9.52 Å². The molecular formula is C27H30N2O5S. The Balaban J connectivity index is 1.51. The SMILES string of the molecule is COc1ccc(C2CCCN2C(=O)c2ccc(NS(=O)(=O)c3ccc(C)c(C)c3)cc2)cc1OC. The molecule has 0 aliphatic carbocycles. The highest BCUT2D eigenvalue weighted by Crippen LogP contribution is 2.37. The summed E-state index contributed by atoms with van der Waals surface area (Å²) in [6.07, 6.45) is 1.76. The summed E-state index contributed by atoms with van der Waals surface area (Å²) in [7, 11) is -0.542. The molecule has 1 N–H and O–H groups in total. The molecule has 1 fully saturated rings. The number of aryl methyl sites for hydroxylation is 2. The van der Waals surface area contributed by atoms with Crippen LogP contribution in [0.1, 0.15) is 45.9 Å². The minimum atomic E-state index is -3.73. The van der Waals surface area contributed by atoms with Crippen LogP contribution >= 0.6 is 0 Å².